The average Bonchev–Trinajstić information content (AvgIpc) is 2.67. The van der Waals surface area contributed by atoms with Gasteiger partial charge in [0.25, 0.3) is 0 Å². The maximum absolute atomic E-state index is 5.71. The SMILES string of the molecule is ClCc1cnc(Cc2ccccc2)s1. The van der Waals surface area contributed by atoms with Crippen LogP contribution in [0.2, 0.25) is 0 Å². The smallest absolute Gasteiger partial charge is 0.0971 e. The minimum Gasteiger partial charge on any atom is -0.249 e. The first-order chi connectivity index (χ1) is 6.88. The van der Waals surface area contributed by atoms with Crippen LogP contribution in [-0.4, -0.2) is 4.98 Å². The summed E-state index contributed by atoms with van der Waals surface area (Å²) in [5.41, 5.74) is 1.29. The normalized spacial score (nSPS) is 10.4. The van der Waals surface area contributed by atoms with Gasteiger partial charge in [0, 0.05) is 17.5 Å². The quantitative estimate of drug-likeness (QED) is 0.727. The first kappa shape index (κ1) is 9.69. The molecule has 3 heteroatoms. The second-order valence-corrected chi connectivity index (χ2v) is 4.48. The molecule has 72 valence electrons. The van der Waals surface area contributed by atoms with Crippen LogP contribution in [0.4, 0.5) is 0 Å². The van der Waals surface area contributed by atoms with Crippen LogP contribution in [0.3, 0.4) is 0 Å². The first-order valence-corrected chi connectivity index (χ1v) is 5.77. The number of alkyl halides is 1. The van der Waals surface area contributed by atoms with Crippen LogP contribution >= 0.6 is 22.9 Å². The molecule has 2 rings (SSSR count). The molecule has 0 unspecified atom stereocenters. The van der Waals surface area contributed by atoms with Gasteiger partial charge in [-0.1, -0.05) is 30.3 Å². The molecule has 0 radical (unpaired) electrons. The molecule has 0 amide bonds. The monoisotopic (exact) mass is 223 g/mol. The lowest BCUT2D eigenvalue weighted by Crippen LogP contribution is -1.84. The third-order valence-corrected chi connectivity index (χ3v) is 3.38. The van der Waals surface area contributed by atoms with Crippen molar-refractivity contribution in [1.29, 1.82) is 0 Å². The molecular weight excluding hydrogens is 214 g/mol. The van der Waals surface area contributed by atoms with Crippen molar-refractivity contribution in [2.75, 3.05) is 0 Å². The third kappa shape index (κ3) is 2.34. The Labute approximate surface area is 92.4 Å². The number of nitrogens with zero attached hydrogens (tertiary/aromatic N) is 1. The van der Waals surface area contributed by atoms with Gasteiger partial charge in [-0.2, -0.15) is 0 Å². The summed E-state index contributed by atoms with van der Waals surface area (Å²) in [6, 6.07) is 10.3. The van der Waals surface area contributed by atoms with E-state index in [0.29, 0.717) is 5.88 Å². The maximum Gasteiger partial charge on any atom is 0.0971 e. The zero-order valence-electron chi connectivity index (χ0n) is 7.61. The topological polar surface area (TPSA) is 12.9 Å². The van der Waals surface area contributed by atoms with Gasteiger partial charge in [0.2, 0.25) is 0 Å². The summed E-state index contributed by atoms with van der Waals surface area (Å²) in [5, 5.41) is 1.13. The van der Waals surface area contributed by atoms with E-state index in [4.69, 9.17) is 11.6 Å². The number of thiazole rings is 1. The fourth-order valence-electron chi connectivity index (χ4n) is 1.26. The molecule has 1 heterocycles. The van der Waals surface area contributed by atoms with E-state index in [0.717, 1.165) is 16.3 Å². The predicted molar refractivity (Wildman–Crippen MR) is 60.9 cm³/mol. The van der Waals surface area contributed by atoms with Gasteiger partial charge < -0.3 is 0 Å². The molecule has 1 nitrogen and oxygen atoms in total. The lowest BCUT2D eigenvalue weighted by Gasteiger charge is -1.95. The highest BCUT2D eigenvalue weighted by atomic mass is 35.5. The van der Waals surface area contributed by atoms with Gasteiger partial charge in [-0.05, 0) is 5.56 Å². The van der Waals surface area contributed by atoms with Crippen molar-refractivity contribution in [1.82, 2.24) is 4.98 Å². The Morgan fingerprint density at radius 2 is 2.00 bits per heavy atom. The number of rotatable bonds is 3. The summed E-state index contributed by atoms with van der Waals surface area (Å²) in [6.07, 6.45) is 2.76. The molecule has 0 atom stereocenters. The molecule has 0 aliphatic carbocycles. The molecule has 0 N–H and O–H groups in total. The Hall–Kier alpha value is -0.860. The number of hydrogen-bond acceptors (Lipinski definition) is 2. The van der Waals surface area contributed by atoms with Crippen LogP contribution in [-0.2, 0) is 12.3 Å². The van der Waals surface area contributed by atoms with Gasteiger partial charge in [-0.25, -0.2) is 4.98 Å². The number of benzene rings is 1. The van der Waals surface area contributed by atoms with E-state index in [1.165, 1.54) is 5.56 Å². The molecule has 0 fully saturated rings. The molecule has 0 saturated carbocycles. The summed E-state index contributed by atoms with van der Waals surface area (Å²) >= 11 is 7.40. The van der Waals surface area contributed by atoms with E-state index in [2.05, 4.69) is 17.1 Å². The van der Waals surface area contributed by atoms with Crippen LogP contribution in [0.1, 0.15) is 15.4 Å². The standard InChI is InChI=1S/C11H10ClNS/c12-7-10-8-13-11(14-10)6-9-4-2-1-3-5-9/h1-5,8H,6-7H2. The van der Waals surface area contributed by atoms with Crippen LogP contribution in [0, 0.1) is 0 Å². The van der Waals surface area contributed by atoms with Gasteiger partial charge in [0.1, 0.15) is 0 Å². The Bertz CT molecular complexity index is 397. The maximum atomic E-state index is 5.71. The van der Waals surface area contributed by atoms with Crippen molar-refractivity contribution < 1.29 is 0 Å². The highest BCUT2D eigenvalue weighted by molar-refractivity contribution is 7.11. The molecule has 1 aromatic carbocycles. The fraction of sp³-hybridized carbons (Fsp3) is 0.182. The van der Waals surface area contributed by atoms with E-state index in [-0.39, 0.29) is 0 Å². The van der Waals surface area contributed by atoms with E-state index in [9.17, 15) is 0 Å². The minimum atomic E-state index is 0.562. The Morgan fingerprint density at radius 3 is 2.64 bits per heavy atom. The van der Waals surface area contributed by atoms with Crippen molar-refractivity contribution in [2.45, 2.75) is 12.3 Å². The summed E-state index contributed by atoms with van der Waals surface area (Å²) < 4.78 is 0. The van der Waals surface area contributed by atoms with Crippen LogP contribution in [0.5, 0.6) is 0 Å². The summed E-state index contributed by atoms with van der Waals surface area (Å²) in [6.45, 7) is 0. The number of aromatic nitrogens is 1. The Balaban J connectivity index is 2.11. The van der Waals surface area contributed by atoms with Gasteiger partial charge in [-0.15, -0.1) is 22.9 Å². The van der Waals surface area contributed by atoms with Crippen molar-refractivity contribution in [3.05, 3.63) is 52.0 Å². The van der Waals surface area contributed by atoms with Crippen LogP contribution < -0.4 is 0 Å². The minimum absolute atomic E-state index is 0.562. The summed E-state index contributed by atoms with van der Waals surface area (Å²) in [5.74, 6) is 0.562. The first-order valence-electron chi connectivity index (χ1n) is 4.42. The van der Waals surface area contributed by atoms with Crippen molar-refractivity contribution in [3.8, 4) is 0 Å². The van der Waals surface area contributed by atoms with E-state index in [1.807, 2.05) is 24.4 Å². The van der Waals surface area contributed by atoms with Crippen LogP contribution in [0.25, 0.3) is 0 Å². The van der Waals surface area contributed by atoms with E-state index in [1.54, 1.807) is 11.3 Å². The van der Waals surface area contributed by atoms with E-state index < -0.39 is 0 Å². The molecule has 14 heavy (non-hydrogen) atoms. The Morgan fingerprint density at radius 1 is 1.21 bits per heavy atom. The lowest BCUT2D eigenvalue weighted by atomic mass is 10.2. The largest absolute Gasteiger partial charge is 0.249 e. The highest BCUT2D eigenvalue weighted by Crippen LogP contribution is 2.17. The van der Waals surface area contributed by atoms with Gasteiger partial charge in [0.15, 0.2) is 0 Å². The number of hydrogen-bond donors (Lipinski definition) is 0. The van der Waals surface area contributed by atoms with Crippen molar-refractivity contribution >= 4 is 22.9 Å². The molecule has 0 aliphatic rings. The van der Waals surface area contributed by atoms with Crippen molar-refractivity contribution in [3.63, 3.8) is 0 Å². The number of halogens is 1. The molecule has 0 aliphatic heterocycles. The highest BCUT2D eigenvalue weighted by Gasteiger charge is 2.01. The average molecular weight is 224 g/mol. The summed E-state index contributed by atoms with van der Waals surface area (Å²) in [4.78, 5) is 5.45. The fourth-order valence-corrected chi connectivity index (χ4v) is 2.30. The second-order valence-electron chi connectivity index (χ2n) is 3.02. The Kier molecular flexibility index (Phi) is 3.17. The zero-order valence-corrected chi connectivity index (χ0v) is 9.18. The third-order valence-electron chi connectivity index (χ3n) is 1.93. The van der Waals surface area contributed by atoms with Crippen LogP contribution in [0.15, 0.2) is 36.5 Å². The molecule has 0 bridgehead atoms. The molecular formula is C11H10ClNS. The molecule has 0 saturated heterocycles. The summed E-state index contributed by atoms with van der Waals surface area (Å²) in [7, 11) is 0. The lowest BCUT2D eigenvalue weighted by molar-refractivity contribution is 1.13. The van der Waals surface area contributed by atoms with Gasteiger partial charge in [-0.3, -0.25) is 0 Å². The molecule has 2 aromatic rings. The zero-order chi connectivity index (χ0) is 9.80. The van der Waals surface area contributed by atoms with Crippen molar-refractivity contribution in [2.24, 2.45) is 0 Å². The van der Waals surface area contributed by atoms with Gasteiger partial charge in [0.05, 0.1) is 10.9 Å². The predicted octanol–water partition coefficient (Wildman–Crippen LogP) is 3.47. The van der Waals surface area contributed by atoms with Gasteiger partial charge >= 0.3 is 0 Å². The van der Waals surface area contributed by atoms with E-state index >= 15 is 0 Å². The molecule has 1 aromatic heterocycles. The second kappa shape index (κ2) is 4.58. The molecule has 0 spiro atoms.